The number of rotatable bonds is 1. The fraction of sp³-hybridized carbons (Fsp3) is 0.950. The molecule has 3 heteroatoms. The number of aliphatic hydroxyl groups excluding tert-OH is 1. The first-order valence-electron chi connectivity index (χ1n) is 9.58. The van der Waals surface area contributed by atoms with Crippen LogP contribution in [-0.2, 0) is 4.79 Å². The monoisotopic (exact) mass is 320 g/mol. The molecule has 4 aliphatic rings. The third-order valence-electron chi connectivity index (χ3n) is 9.10. The van der Waals surface area contributed by atoms with Gasteiger partial charge in [0.05, 0.1) is 11.5 Å². The second-order valence-electron chi connectivity index (χ2n) is 10.2. The first-order chi connectivity index (χ1) is 10.7. The van der Waals surface area contributed by atoms with Gasteiger partial charge in [-0.1, -0.05) is 20.3 Å². The highest BCUT2D eigenvalue weighted by Crippen LogP contribution is 2.73. The third-order valence-corrected chi connectivity index (χ3v) is 9.10. The fourth-order valence-corrected chi connectivity index (χ4v) is 7.99. The van der Waals surface area contributed by atoms with Gasteiger partial charge in [0, 0.05) is 0 Å². The molecule has 0 amide bonds. The number of aliphatic hydroxyl groups is 1. The van der Waals surface area contributed by atoms with Crippen molar-refractivity contribution < 1.29 is 15.0 Å². The SMILES string of the molecule is C[C@@]12CC[C@H]3[C@@](CC[C@H]4[C@@]3(C)CCC[C@@]4(C)C(=O)O)(C[C@H]1O)C2. The second-order valence-corrected chi connectivity index (χ2v) is 10.2. The minimum Gasteiger partial charge on any atom is -0.481 e. The van der Waals surface area contributed by atoms with E-state index in [2.05, 4.69) is 13.8 Å². The molecule has 1 spiro atoms. The van der Waals surface area contributed by atoms with Crippen molar-refractivity contribution >= 4 is 5.97 Å². The second kappa shape index (κ2) is 4.53. The van der Waals surface area contributed by atoms with E-state index in [1.165, 1.54) is 12.8 Å². The van der Waals surface area contributed by atoms with E-state index >= 15 is 0 Å². The van der Waals surface area contributed by atoms with Crippen LogP contribution in [0.5, 0.6) is 0 Å². The van der Waals surface area contributed by atoms with Crippen LogP contribution in [0.15, 0.2) is 0 Å². The molecule has 130 valence electrons. The molecule has 3 nitrogen and oxygen atoms in total. The summed E-state index contributed by atoms with van der Waals surface area (Å²) < 4.78 is 0. The lowest BCUT2D eigenvalue weighted by Gasteiger charge is -2.63. The maximum atomic E-state index is 12.1. The summed E-state index contributed by atoms with van der Waals surface area (Å²) in [6.07, 6.45) is 9.51. The standard InChI is InChI=1S/C20H32O3/c1-17-9-5-14-18(2)7-4-8-19(3,16(22)23)13(18)6-10-20(14,12-17)11-15(17)21/h13-15,21H,4-12H2,1-3H3,(H,22,23)/t13-,14+,15+,17-,18+,19+,20-/m0/s1. The van der Waals surface area contributed by atoms with Crippen LogP contribution in [-0.4, -0.2) is 22.3 Å². The topological polar surface area (TPSA) is 57.5 Å². The Morgan fingerprint density at radius 2 is 1.70 bits per heavy atom. The molecule has 0 aromatic rings. The number of hydrogen-bond acceptors (Lipinski definition) is 2. The van der Waals surface area contributed by atoms with Crippen molar-refractivity contribution in [3.63, 3.8) is 0 Å². The van der Waals surface area contributed by atoms with Crippen LogP contribution in [0.4, 0.5) is 0 Å². The number of carbonyl (C=O) groups is 1. The van der Waals surface area contributed by atoms with Crippen LogP contribution < -0.4 is 0 Å². The van der Waals surface area contributed by atoms with Crippen LogP contribution in [0, 0.1) is 33.5 Å². The Morgan fingerprint density at radius 3 is 2.39 bits per heavy atom. The molecule has 4 saturated carbocycles. The summed E-state index contributed by atoms with van der Waals surface area (Å²) in [5.74, 6) is 0.327. The van der Waals surface area contributed by atoms with E-state index in [0.29, 0.717) is 11.8 Å². The zero-order valence-corrected chi connectivity index (χ0v) is 14.9. The molecular weight excluding hydrogens is 288 g/mol. The number of carboxylic acid groups (broad SMARTS) is 1. The zero-order valence-electron chi connectivity index (χ0n) is 14.9. The van der Waals surface area contributed by atoms with E-state index < -0.39 is 11.4 Å². The van der Waals surface area contributed by atoms with Crippen molar-refractivity contribution in [1.29, 1.82) is 0 Å². The molecule has 0 aromatic carbocycles. The predicted octanol–water partition coefficient (Wildman–Crippen LogP) is 4.23. The summed E-state index contributed by atoms with van der Waals surface area (Å²) in [6.45, 7) is 6.68. The smallest absolute Gasteiger partial charge is 0.309 e. The average Bonchev–Trinajstić information content (AvgIpc) is 2.63. The largest absolute Gasteiger partial charge is 0.481 e. The van der Waals surface area contributed by atoms with E-state index in [-0.39, 0.29) is 22.3 Å². The number of aliphatic carboxylic acids is 1. The van der Waals surface area contributed by atoms with Crippen LogP contribution in [0.2, 0.25) is 0 Å². The van der Waals surface area contributed by atoms with Crippen molar-refractivity contribution in [1.82, 2.24) is 0 Å². The lowest BCUT2D eigenvalue weighted by molar-refractivity contribution is -0.182. The van der Waals surface area contributed by atoms with Crippen LogP contribution >= 0.6 is 0 Å². The molecule has 0 saturated heterocycles. The predicted molar refractivity (Wildman–Crippen MR) is 88.9 cm³/mol. The summed E-state index contributed by atoms with van der Waals surface area (Å²) in [5.41, 5.74) is 0.000491. The first kappa shape index (κ1) is 15.9. The van der Waals surface area contributed by atoms with Crippen molar-refractivity contribution in [2.24, 2.45) is 33.5 Å². The van der Waals surface area contributed by atoms with E-state index in [4.69, 9.17) is 0 Å². The van der Waals surface area contributed by atoms with Gasteiger partial charge in [-0.3, -0.25) is 4.79 Å². The van der Waals surface area contributed by atoms with Crippen molar-refractivity contribution in [3.8, 4) is 0 Å². The minimum atomic E-state index is -0.587. The van der Waals surface area contributed by atoms with Crippen LogP contribution in [0.25, 0.3) is 0 Å². The third kappa shape index (κ3) is 1.83. The fourth-order valence-electron chi connectivity index (χ4n) is 7.99. The highest BCUT2D eigenvalue weighted by Gasteiger charge is 2.67. The molecule has 0 unspecified atom stereocenters. The van der Waals surface area contributed by atoms with Gasteiger partial charge in [0.15, 0.2) is 0 Å². The van der Waals surface area contributed by atoms with E-state index in [1.807, 2.05) is 6.92 Å². The lowest BCUT2D eigenvalue weighted by Crippen LogP contribution is -2.58. The van der Waals surface area contributed by atoms with Crippen LogP contribution in [0.3, 0.4) is 0 Å². The lowest BCUT2D eigenvalue weighted by atomic mass is 9.40. The van der Waals surface area contributed by atoms with Gasteiger partial charge in [-0.05, 0) is 86.4 Å². The molecule has 0 heterocycles. The van der Waals surface area contributed by atoms with Gasteiger partial charge in [-0.15, -0.1) is 0 Å². The Morgan fingerprint density at radius 1 is 1.00 bits per heavy atom. The first-order valence-corrected chi connectivity index (χ1v) is 9.58. The summed E-state index contributed by atoms with van der Waals surface area (Å²) in [7, 11) is 0. The zero-order chi connectivity index (χ0) is 16.7. The molecule has 2 bridgehead atoms. The van der Waals surface area contributed by atoms with Gasteiger partial charge in [-0.2, -0.15) is 0 Å². The molecule has 23 heavy (non-hydrogen) atoms. The molecule has 7 atom stereocenters. The maximum Gasteiger partial charge on any atom is 0.309 e. The van der Waals surface area contributed by atoms with Crippen molar-refractivity contribution in [2.45, 2.75) is 84.7 Å². The number of hydrogen-bond donors (Lipinski definition) is 2. The summed E-state index contributed by atoms with van der Waals surface area (Å²) in [4.78, 5) is 12.1. The van der Waals surface area contributed by atoms with E-state index in [9.17, 15) is 15.0 Å². The minimum absolute atomic E-state index is 0.116. The highest BCUT2D eigenvalue weighted by molar-refractivity contribution is 5.75. The molecule has 2 N–H and O–H groups in total. The van der Waals surface area contributed by atoms with Crippen molar-refractivity contribution in [2.75, 3.05) is 0 Å². The summed E-state index contributed by atoms with van der Waals surface area (Å²) in [5, 5.41) is 20.6. The molecule has 0 aromatic heterocycles. The Labute approximate surface area is 139 Å². The molecule has 4 rings (SSSR count). The Hall–Kier alpha value is -0.570. The summed E-state index contributed by atoms with van der Waals surface area (Å²) in [6, 6.07) is 0. The van der Waals surface area contributed by atoms with Gasteiger partial charge in [0.25, 0.3) is 0 Å². The maximum absolute atomic E-state index is 12.1. The van der Waals surface area contributed by atoms with E-state index in [0.717, 1.165) is 44.9 Å². The number of carboxylic acids is 1. The quantitative estimate of drug-likeness (QED) is 0.760. The van der Waals surface area contributed by atoms with Gasteiger partial charge >= 0.3 is 5.97 Å². The Kier molecular flexibility index (Phi) is 3.14. The van der Waals surface area contributed by atoms with Crippen LogP contribution in [0.1, 0.15) is 78.6 Å². The van der Waals surface area contributed by atoms with E-state index in [1.54, 1.807) is 0 Å². The highest BCUT2D eigenvalue weighted by atomic mass is 16.4. The average molecular weight is 320 g/mol. The molecule has 4 fully saturated rings. The van der Waals surface area contributed by atoms with Gasteiger partial charge in [0.2, 0.25) is 0 Å². The molecule has 4 aliphatic carbocycles. The molecule has 0 radical (unpaired) electrons. The van der Waals surface area contributed by atoms with Gasteiger partial charge < -0.3 is 10.2 Å². The Bertz CT molecular complexity index is 545. The Balaban J connectivity index is 1.74. The van der Waals surface area contributed by atoms with Crippen molar-refractivity contribution in [3.05, 3.63) is 0 Å². The number of fused-ring (bicyclic) bond motifs is 3. The van der Waals surface area contributed by atoms with Gasteiger partial charge in [0.1, 0.15) is 0 Å². The van der Waals surface area contributed by atoms with Gasteiger partial charge in [-0.25, -0.2) is 0 Å². The normalized spacial score (nSPS) is 58.3. The molecule has 0 aliphatic heterocycles. The summed E-state index contributed by atoms with van der Waals surface area (Å²) >= 11 is 0. The molecular formula is C20H32O3.